The highest BCUT2D eigenvalue weighted by Crippen LogP contribution is 2.30. The van der Waals surface area contributed by atoms with Crippen molar-refractivity contribution in [2.75, 3.05) is 17.6 Å². The number of carbonyl (C=O) groups is 2. The van der Waals surface area contributed by atoms with Gasteiger partial charge in [0.05, 0.1) is 12.0 Å². The Kier molecular flexibility index (Phi) is 5.70. The highest BCUT2D eigenvalue weighted by atomic mass is 32.2. The van der Waals surface area contributed by atoms with Crippen LogP contribution in [0.4, 0.5) is 5.13 Å². The van der Waals surface area contributed by atoms with Gasteiger partial charge in [-0.25, -0.2) is 0 Å². The molecule has 8 heteroatoms. The molecule has 1 aromatic carbocycles. The zero-order valence-electron chi connectivity index (χ0n) is 14.1. The molecule has 25 heavy (non-hydrogen) atoms. The van der Waals surface area contributed by atoms with Crippen molar-refractivity contribution in [3.63, 3.8) is 0 Å². The monoisotopic (exact) mass is 376 g/mol. The minimum Gasteiger partial charge on any atom is -0.335 e. The number of anilines is 1. The number of thioether (sulfide) groups is 1. The van der Waals surface area contributed by atoms with Crippen molar-refractivity contribution in [2.24, 2.45) is 5.92 Å². The van der Waals surface area contributed by atoms with Gasteiger partial charge < -0.3 is 10.2 Å². The van der Waals surface area contributed by atoms with Crippen LogP contribution in [0.25, 0.3) is 0 Å². The van der Waals surface area contributed by atoms with Gasteiger partial charge in [0.15, 0.2) is 4.34 Å². The van der Waals surface area contributed by atoms with E-state index in [1.165, 1.54) is 11.3 Å². The summed E-state index contributed by atoms with van der Waals surface area (Å²) in [6.45, 7) is 4.46. The summed E-state index contributed by atoms with van der Waals surface area (Å²) in [6.07, 6.45) is 0.235. The smallest absolute Gasteiger partial charge is 0.231 e. The van der Waals surface area contributed by atoms with Crippen LogP contribution >= 0.6 is 23.1 Å². The van der Waals surface area contributed by atoms with Gasteiger partial charge in [0.25, 0.3) is 0 Å². The SMILES string of the molecule is CCSc1nnc(NC(=O)[C@@H]2CC(=O)N([C@@H](C)c3ccccc3)C2)s1. The Morgan fingerprint density at radius 1 is 1.40 bits per heavy atom. The molecule has 2 heterocycles. The first-order valence-electron chi connectivity index (χ1n) is 8.20. The molecule has 0 aliphatic carbocycles. The fourth-order valence-corrected chi connectivity index (χ4v) is 4.49. The van der Waals surface area contributed by atoms with Gasteiger partial charge in [0, 0.05) is 13.0 Å². The number of hydrogen-bond donors (Lipinski definition) is 1. The molecule has 0 spiro atoms. The summed E-state index contributed by atoms with van der Waals surface area (Å²) in [5, 5.41) is 11.3. The molecule has 1 N–H and O–H groups in total. The van der Waals surface area contributed by atoms with Crippen LogP contribution < -0.4 is 5.32 Å². The van der Waals surface area contributed by atoms with E-state index in [-0.39, 0.29) is 30.2 Å². The summed E-state index contributed by atoms with van der Waals surface area (Å²) < 4.78 is 0.833. The molecule has 6 nitrogen and oxygen atoms in total. The lowest BCUT2D eigenvalue weighted by molar-refractivity contribution is -0.129. The molecule has 0 unspecified atom stereocenters. The second kappa shape index (κ2) is 7.97. The topological polar surface area (TPSA) is 75.2 Å². The third kappa shape index (κ3) is 4.19. The molecule has 1 aliphatic heterocycles. The van der Waals surface area contributed by atoms with Gasteiger partial charge in [-0.2, -0.15) is 0 Å². The van der Waals surface area contributed by atoms with Crippen molar-refractivity contribution < 1.29 is 9.59 Å². The van der Waals surface area contributed by atoms with E-state index in [4.69, 9.17) is 0 Å². The minimum absolute atomic E-state index is 0.0102. The van der Waals surface area contributed by atoms with Crippen LogP contribution in [0.1, 0.15) is 31.9 Å². The average molecular weight is 377 g/mol. The number of aromatic nitrogens is 2. The van der Waals surface area contributed by atoms with E-state index in [9.17, 15) is 9.59 Å². The Bertz CT molecular complexity index is 750. The van der Waals surface area contributed by atoms with Crippen LogP contribution in [-0.4, -0.2) is 39.2 Å². The first kappa shape index (κ1) is 17.9. The number of likely N-dealkylation sites (tertiary alicyclic amines) is 1. The first-order chi connectivity index (χ1) is 12.1. The second-order valence-corrected chi connectivity index (χ2v) is 8.32. The zero-order chi connectivity index (χ0) is 17.8. The van der Waals surface area contributed by atoms with Gasteiger partial charge in [-0.05, 0) is 18.2 Å². The van der Waals surface area contributed by atoms with Crippen LogP contribution in [-0.2, 0) is 9.59 Å². The molecule has 1 aliphatic rings. The first-order valence-corrected chi connectivity index (χ1v) is 10.00. The minimum atomic E-state index is -0.357. The van der Waals surface area contributed by atoms with Crippen molar-refractivity contribution in [3.8, 4) is 0 Å². The van der Waals surface area contributed by atoms with Crippen molar-refractivity contribution in [1.82, 2.24) is 15.1 Å². The lowest BCUT2D eigenvalue weighted by atomic mass is 10.1. The second-order valence-electron chi connectivity index (χ2n) is 5.83. The fraction of sp³-hybridized carbons (Fsp3) is 0.412. The number of nitrogens with zero attached hydrogens (tertiary/aromatic N) is 3. The summed E-state index contributed by atoms with van der Waals surface area (Å²) in [7, 11) is 0. The number of rotatable bonds is 6. The lowest BCUT2D eigenvalue weighted by Crippen LogP contribution is -2.30. The molecule has 3 rings (SSSR count). The van der Waals surface area contributed by atoms with E-state index in [2.05, 4.69) is 15.5 Å². The summed E-state index contributed by atoms with van der Waals surface area (Å²) >= 11 is 2.95. The molecule has 0 bridgehead atoms. The maximum atomic E-state index is 12.5. The van der Waals surface area contributed by atoms with Crippen molar-refractivity contribution in [1.29, 1.82) is 0 Å². The third-order valence-electron chi connectivity index (χ3n) is 4.18. The van der Waals surface area contributed by atoms with Gasteiger partial charge >= 0.3 is 0 Å². The molecule has 2 amide bonds. The number of carbonyl (C=O) groups excluding carboxylic acids is 2. The number of hydrogen-bond acceptors (Lipinski definition) is 6. The molecule has 2 aromatic rings. The van der Waals surface area contributed by atoms with E-state index in [1.807, 2.05) is 44.2 Å². The van der Waals surface area contributed by atoms with E-state index in [1.54, 1.807) is 16.7 Å². The highest BCUT2D eigenvalue weighted by Gasteiger charge is 2.37. The van der Waals surface area contributed by atoms with Crippen LogP contribution in [0.15, 0.2) is 34.7 Å². The van der Waals surface area contributed by atoms with Gasteiger partial charge in [0.2, 0.25) is 16.9 Å². The Hall–Kier alpha value is -1.93. The average Bonchev–Trinajstić information content (AvgIpc) is 3.22. The predicted molar refractivity (Wildman–Crippen MR) is 99.6 cm³/mol. The molecule has 0 radical (unpaired) electrons. The van der Waals surface area contributed by atoms with Crippen LogP contribution in [0.5, 0.6) is 0 Å². The van der Waals surface area contributed by atoms with Crippen LogP contribution in [0, 0.1) is 5.92 Å². The Morgan fingerprint density at radius 2 is 2.16 bits per heavy atom. The summed E-state index contributed by atoms with van der Waals surface area (Å²) in [5.74, 6) is 0.396. The van der Waals surface area contributed by atoms with Crippen molar-refractivity contribution in [2.45, 2.75) is 30.6 Å². The van der Waals surface area contributed by atoms with Gasteiger partial charge in [0.1, 0.15) is 0 Å². The Balaban J connectivity index is 1.62. The maximum absolute atomic E-state index is 12.5. The maximum Gasteiger partial charge on any atom is 0.231 e. The number of benzene rings is 1. The molecule has 2 atom stereocenters. The molecular formula is C17H20N4O2S2. The van der Waals surface area contributed by atoms with Gasteiger partial charge in [-0.15, -0.1) is 10.2 Å². The summed E-state index contributed by atoms with van der Waals surface area (Å²) in [4.78, 5) is 26.6. The van der Waals surface area contributed by atoms with Crippen LogP contribution in [0.3, 0.4) is 0 Å². The molecule has 0 saturated carbocycles. The summed E-state index contributed by atoms with van der Waals surface area (Å²) in [5.41, 5.74) is 1.07. The van der Waals surface area contributed by atoms with E-state index in [0.717, 1.165) is 15.7 Å². The molecular weight excluding hydrogens is 356 g/mol. The number of amides is 2. The van der Waals surface area contributed by atoms with E-state index >= 15 is 0 Å². The normalized spacial score (nSPS) is 18.4. The van der Waals surface area contributed by atoms with E-state index in [0.29, 0.717) is 11.7 Å². The highest BCUT2D eigenvalue weighted by molar-refractivity contribution is 8.01. The largest absolute Gasteiger partial charge is 0.335 e. The lowest BCUT2D eigenvalue weighted by Gasteiger charge is -2.25. The van der Waals surface area contributed by atoms with E-state index < -0.39 is 0 Å². The molecule has 1 fully saturated rings. The molecule has 132 valence electrons. The third-order valence-corrected chi connectivity index (χ3v) is 6.04. The van der Waals surface area contributed by atoms with Crippen LogP contribution in [0.2, 0.25) is 0 Å². The molecule has 1 saturated heterocycles. The Morgan fingerprint density at radius 3 is 2.88 bits per heavy atom. The Labute approximate surface area is 155 Å². The van der Waals surface area contributed by atoms with Gasteiger partial charge in [-0.1, -0.05) is 60.4 Å². The van der Waals surface area contributed by atoms with Gasteiger partial charge in [-0.3, -0.25) is 9.59 Å². The molecule has 1 aromatic heterocycles. The quantitative estimate of drug-likeness (QED) is 0.619. The van der Waals surface area contributed by atoms with Crippen molar-refractivity contribution in [3.05, 3.63) is 35.9 Å². The predicted octanol–water partition coefficient (Wildman–Crippen LogP) is 3.20. The fourth-order valence-electron chi connectivity index (χ4n) is 2.84. The standard InChI is InChI=1S/C17H20N4O2S2/c1-3-24-17-20-19-16(25-17)18-15(23)13-9-14(22)21(10-13)11(2)12-7-5-4-6-8-12/h4-8,11,13H,3,9-10H2,1-2H3,(H,18,19,23)/t11-,13+/m0/s1. The zero-order valence-corrected chi connectivity index (χ0v) is 15.8. The van der Waals surface area contributed by atoms with Crippen molar-refractivity contribution >= 4 is 40.0 Å². The summed E-state index contributed by atoms with van der Waals surface area (Å²) in [6, 6.07) is 9.82. The number of nitrogens with one attached hydrogen (secondary N) is 1.